The average Bonchev–Trinajstić information content (AvgIpc) is 2.67. The van der Waals surface area contributed by atoms with Gasteiger partial charge in [-0.05, 0) is 43.7 Å². The van der Waals surface area contributed by atoms with Gasteiger partial charge in [-0.3, -0.25) is 9.69 Å². The largest absolute Gasteiger partial charge is 0.489 e. The maximum atomic E-state index is 12.6. The van der Waals surface area contributed by atoms with Crippen LogP contribution >= 0.6 is 0 Å². The van der Waals surface area contributed by atoms with E-state index in [0.717, 1.165) is 43.1 Å². The number of hydrogen-bond acceptors (Lipinski definition) is 3. The summed E-state index contributed by atoms with van der Waals surface area (Å²) in [6.45, 7) is 8.42. The van der Waals surface area contributed by atoms with E-state index < -0.39 is 0 Å². The molecule has 0 radical (unpaired) electrons. The van der Waals surface area contributed by atoms with Crippen molar-refractivity contribution in [1.82, 2.24) is 9.80 Å². The molecule has 0 N–H and O–H groups in total. The molecule has 0 aromatic heterocycles. The highest BCUT2D eigenvalue weighted by Gasteiger charge is 2.23. The summed E-state index contributed by atoms with van der Waals surface area (Å²) in [5, 5.41) is 0. The van der Waals surface area contributed by atoms with Crippen molar-refractivity contribution in [1.29, 1.82) is 0 Å². The Morgan fingerprint density at radius 3 is 2.20 bits per heavy atom. The molecule has 1 fully saturated rings. The minimum absolute atomic E-state index is 0.109. The molecule has 1 amide bonds. The lowest BCUT2D eigenvalue weighted by Gasteiger charge is -2.37. The van der Waals surface area contributed by atoms with E-state index in [1.165, 1.54) is 0 Å². The second kappa shape index (κ2) is 8.17. The highest BCUT2D eigenvalue weighted by Crippen LogP contribution is 2.16. The second-order valence-electron chi connectivity index (χ2n) is 6.72. The number of piperazine rings is 1. The number of ether oxygens (including phenoxy) is 1. The first-order valence-corrected chi connectivity index (χ1v) is 8.93. The molecule has 0 aliphatic carbocycles. The van der Waals surface area contributed by atoms with Crippen molar-refractivity contribution in [2.45, 2.75) is 26.5 Å². The maximum absolute atomic E-state index is 12.6. The lowest BCUT2D eigenvalue weighted by atomic mass is 10.1. The zero-order valence-corrected chi connectivity index (χ0v) is 15.0. The van der Waals surface area contributed by atoms with Crippen molar-refractivity contribution in [2.75, 3.05) is 26.2 Å². The fourth-order valence-electron chi connectivity index (χ4n) is 3.06. The van der Waals surface area contributed by atoms with E-state index in [9.17, 15) is 4.79 Å². The van der Waals surface area contributed by atoms with Crippen LogP contribution in [0.2, 0.25) is 0 Å². The van der Waals surface area contributed by atoms with Crippen LogP contribution in [-0.4, -0.2) is 47.9 Å². The summed E-state index contributed by atoms with van der Waals surface area (Å²) in [5.41, 5.74) is 1.86. The Balaban J connectivity index is 1.54. The molecule has 0 saturated carbocycles. The number of nitrogens with zero attached hydrogens (tertiary/aromatic N) is 2. The normalized spacial score (nSPS) is 15.4. The molecule has 0 bridgehead atoms. The van der Waals surface area contributed by atoms with E-state index in [2.05, 4.69) is 18.7 Å². The van der Waals surface area contributed by atoms with E-state index in [4.69, 9.17) is 4.74 Å². The average molecular weight is 338 g/mol. The number of carbonyl (C=O) groups is 1. The van der Waals surface area contributed by atoms with Crippen LogP contribution in [0.4, 0.5) is 0 Å². The van der Waals surface area contributed by atoms with Crippen LogP contribution in [0.5, 0.6) is 5.75 Å². The van der Waals surface area contributed by atoms with E-state index in [-0.39, 0.29) is 5.91 Å². The highest BCUT2D eigenvalue weighted by molar-refractivity contribution is 5.94. The van der Waals surface area contributed by atoms with Gasteiger partial charge in [0.25, 0.3) is 5.91 Å². The quantitative estimate of drug-likeness (QED) is 0.837. The number of benzene rings is 2. The van der Waals surface area contributed by atoms with Gasteiger partial charge in [0, 0.05) is 37.8 Å². The second-order valence-corrected chi connectivity index (χ2v) is 6.72. The molecule has 4 nitrogen and oxygen atoms in total. The third-order valence-corrected chi connectivity index (χ3v) is 4.68. The SMILES string of the molecule is CC(C)N1CCN(C(=O)c2ccc(OCc3ccccc3)cc2)CC1. The van der Waals surface area contributed by atoms with Gasteiger partial charge in [-0.1, -0.05) is 30.3 Å². The Kier molecular flexibility index (Phi) is 5.71. The van der Waals surface area contributed by atoms with Gasteiger partial charge in [0.2, 0.25) is 0 Å². The lowest BCUT2D eigenvalue weighted by Crippen LogP contribution is -2.50. The molecule has 0 atom stereocenters. The standard InChI is InChI=1S/C21H26N2O2/c1-17(2)22-12-14-23(15-13-22)21(24)19-8-10-20(11-9-19)25-16-18-6-4-3-5-7-18/h3-11,17H,12-16H2,1-2H3. The van der Waals surface area contributed by atoms with Crippen LogP contribution in [0, 0.1) is 0 Å². The molecule has 4 heteroatoms. The van der Waals surface area contributed by atoms with E-state index >= 15 is 0 Å². The van der Waals surface area contributed by atoms with Crippen molar-refractivity contribution >= 4 is 5.91 Å². The molecule has 2 aromatic rings. The molecule has 1 saturated heterocycles. The molecule has 25 heavy (non-hydrogen) atoms. The van der Waals surface area contributed by atoms with Gasteiger partial charge in [-0.2, -0.15) is 0 Å². The maximum Gasteiger partial charge on any atom is 0.253 e. The number of hydrogen-bond donors (Lipinski definition) is 0. The Morgan fingerprint density at radius 1 is 0.960 bits per heavy atom. The topological polar surface area (TPSA) is 32.8 Å². The molecule has 1 heterocycles. The summed E-state index contributed by atoms with van der Waals surface area (Å²) in [7, 11) is 0. The molecule has 0 spiro atoms. The van der Waals surface area contributed by atoms with Gasteiger partial charge in [0.15, 0.2) is 0 Å². The molecule has 2 aromatic carbocycles. The Labute approximate surface area is 150 Å². The summed E-state index contributed by atoms with van der Waals surface area (Å²) < 4.78 is 5.78. The minimum atomic E-state index is 0.109. The number of rotatable bonds is 5. The minimum Gasteiger partial charge on any atom is -0.489 e. The monoisotopic (exact) mass is 338 g/mol. The van der Waals surface area contributed by atoms with Crippen LogP contribution in [0.3, 0.4) is 0 Å². The summed E-state index contributed by atoms with van der Waals surface area (Å²) in [5.74, 6) is 0.892. The zero-order valence-electron chi connectivity index (χ0n) is 15.0. The van der Waals surface area contributed by atoms with Crippen molar-refractivity contribution < 1.29 is 9.53 Å². The zero-order chi connectivity index (χ0) is 17.6. The summed E-state index contributed by atoms with van der Waals surface area (Å²) in [6, 6.07) is 18.1. The van der Waals surface area contributed by atoms with Crippen molar-refractivity contribution in [2.24, 2.45) is 0 Å². The number of carbonyl (C=O) groups excluding carboxylic acids is 1. The molecule has 1 aliphatic rings. The first-order chi connectivity index (χ1) is 12.1. The smallest absolute Gasteiger partial charge is 0.253 e. The number of amides is 1. The van der Waals surface area contributed by atoms with Crippen LogP contribution in [-0.2, 0) is 6.61 Å². The van der Waals surface area contributed by atoms with Gasteiger partial charge in [0.05, 0.1) is 0 Å². The van der Waals surface area contributed by atoms with Gasteiger partial charge < -0.3 is 9.64 Å². The Bertz CT molecular complexity index is 675. The van der Waals surface area contributed by atoms with Gasteiger partial charge in [-0.25, -0.2) is 0 Å². The van der Waals surface area contributed by atoms with E-state index in [0.29, 0.717) is 12.6 Å². The van der Waals surface area contributed by atoms with Crippen LogP contribution in [0.1, 0.15) is 29.8 Å². The van der Waals surface area contributed by atoms with Crippen LogP contribution in [0.25, 0.3) is 0 Å². The predicted octanol–water partition coefficient (Wildman–Crippen LogP) is 3.43. The van der Waals surface area contributed by atoms with Gasteiger partial charge in [-0.15, -0.1) is 0 Å². The Morgan fingerprint density at radius 2 is 1.60 bits per heavy atom. The molecule has 132 valence electrons. The molecule has 3 rings (SSSR count). The fourth-order valence-corrected chi connectivity index (χ4v) is 3.06. The first-order valence-electron chi connectivity index (χ1n) is 8.93. The fraction of sp³-hybridized carbons (Fsp3) is 0.381. The van der Waals surface area contributed by atoms with Gasteiger partial charge in [0.1, 0.15) is 12.4 Å². The van der Waals surface area contributed by atoms with Crippen LogP contribution < -0.4 is 4.74 Å². The first kappa shape index (κ1) is 17.5. The van der Waals surface area contributed by atoms with E-state index in [1.807, 2.05) is 59.5 Å². The molecule has 1 aliphatic heterocycles. The third-order valence-electron chi connectivity index (χ3n) is 4.68. The summed E-state index contributed by atoms with van der Waals surface area (Å²) >= 11 is 0. The Hall–Kier alpha value is -2.33. The lowest BCUT2D eigenvalue weighted by molar-refractivity contribution is 0.0595. The summed E-state index contributed by atoms with van der Waals surface area (Å²) in [4.78, 5) is 17.0. The molecule has 0 unspecified atom stereocenters. The van der Waals surface area contributed by atoms with Crippen molar-refractivity contribution in [3.8, 4) is 5.75 Å². The molecular formula is C21H26N2O2. The third kappa shape index (κ3) is 4.60. The van der Waals surface area contributed by atoms with E-state index in [1.54, 1.807) is 0 Å². The van der Waals surface area contributed by atoms with Crippen molar-refractivity contribution in [3.05, 3.63) is 65.7 Å². The van der Waals surface area contributed by atoms with Gasteiger partial charge >= 0.3 is 0 Å². The predicted molar refractivity (Wildman–Crippen MR) is 99.8 cm³/mol. The van der Waals surface area contributed by atoms with Crippen molar-refractivity contribution in [3.63, 3.8) is 0 Å². The van der Waals surface area contributed by atoms with Crippen LogP contribution in [0.15, 0.2) is 54.6 Å². The highest BCUT2D eigenvalue weighted by atomic mass is 16.5. The summed E-state index contributed by atoms with van der Waals surface area (Å²) in [6.07, 6.45) is 0. The molecular weight excluding hydrogens is 312 g/mol.